The van der Waals surface area contributed by atoms with Crippen LogP contribution in [0.15, 0.2) is 23.9 Å². The Morgan fingerprint density at radius 1 is 1.91 bits per heavy atom. The van der Waals surface area contributed by atoms with Gasteiger partial charge in [0.05, 0.1) is 4.92 Å². The predicted molar refractivity (Wildman–Crippen MR) is 46.8 cm³/mol. The van der Waals surface area contributed by atoms with E-state index in [9.17, 15) is 10.1 Å². The number of rotatable bonds is 5. The smallest absolute Gasteiger partial charge is 0.263 e. The Kier molecular flexibility index (Phi) is 5.28. The molecule has 4 nitrogen and oxygen atoms in total. The summed E-state index contributed by atoms with van der Waals surface area (Å²) < 4.78 is 0. The Morgan fingerprint density at radius 2 is 2.55 bits per heavy atom. The van der Waals surface area contributed by atoms with Crippen molar-refractivity contribution in [3.63, 3.8) is 0 Å². The highest BCUT2D eigenvalue weighted by molar-refractivity contribution is 8.02. The Hall–Kier alpha value is -0.970. The Balaban J connectivity index is 3.93. The van der Waals surface area contributed by atoms with Gasteiger partial charge >= 0.3 is 0 Å². The maximum Gasteiger partial charge on any atom is 0.263 e. The van der Waals surface area contributed by atoms with Crippen LogP contribution in [-0.2, 0) is 0 Å². The van der Waals surface area contributed by atoms with Gasteiger partial charge in [-0.15, -0.1) is 18.3 Å². The lowest BCUT2D eigenvalue weighted by atomic mass is 10.6. The summed E-state index contributed by atoms with van der Waals surface area (Å²) in [6, 6.07) is 0. The maximum absolute atomic E-state index is 9.98. The van der Waals surface area contributed by atoms with E-state index in [0.29, 0.717) is 11.6 Å². The van der Waals surface area contributed by atoms with Crippen LogP contribution in [0.25, 0.3) is 0 Å². The minimum absolute atomic E-state index is 0.484. The molecule has 62 valence electrons. The molecule has 0 aromatic rings. The third-order valence-electron chi connectivity index (χ3n) is 0.863. The SMILES string of the molecule is C=CCN/C(=C\[N+](=O)[O-])SC. The lowest BCUT2D eigenvalue weighted by Crippen LogP contribution is -2.11. The van der Waals surface area contributed by atoms with Gasteiger partial charge in [0.2, 0.25) is 0 Å². The van der Waals surface area contributed by atoms with Gasteiger partial charge in [0.1, 0.15) is 5.03 Å². The minimum Gasteiger partial charge on any atom is -0.371 e. The largest absolute Gasteiger partial charge is 0.371 e. The first kappa shape index (κ1) is 10.0. The van der Waals surface area contributed by atoms with E-state index in [1.807, 2.05) is 0 Å². The monoisotopic (exact) mass is 174 g/mol. The number of hydrogen-bond donors (Lipinski definition) is 1. The van der Waals surface area contributed by atoms with Gasteiger partial charge in [0.15, 0.2) is 0 Å². The molecule has 0 saturated carbocycles. The lowest BCUT2D eigenvalue weighted by molar-refractivity contribution is -0.403. The summed E-state index contributed by atoms with van der Waals surface area (Å²) in [5.41, 5.74) is 0. The average Bonchev–Trinajstić information content (AvgIpc) is 1.97. The fourth-order valence-corrected chi connectivity index (χ4v) is 0.858. The standard InChI is InChI=1S/C6H10N2O2S/c1-3-4-7-6(11-2)5-8(9)10/h3,5,7H,1,4H2,2H3/b6-5+. The van der Waals surface area contributed by atoms with Crippen molar-refractivity contribution in [2.45, 2.75) is 0 Å². The molecule has 0 saturated heterocycles. The second-order valence-electron chi connectivity index (χ2n) is 1.65. The van der Waals surface area contributed by atoms with Crippen molar-refractivity contribution in [2.75, 3.05) is 12.8 Å². The average molecular weight is 174 g/mol. The highest BCUT2D eigenvalue weighted by atomic mass is 32.2. The summed E-state index contributed by atoms with van der Waals surface area (Å²) in [5.74, 6) is 0. The molecule has 0 fully saturated rings. The molecule has 5 heteroatoms. The van der Waals surface area contributed by atoms with Crippen LogP contribution in [0.1, 0.15) is 0 Å². The van der Waals surface area contributed by atoms with Gasteiger partial charge < -0.3 is 5.32 Å². The third-order valence-corrected chi connectivity index (χ3v) is 1.55. The molecule has 1 N–H and O–H groups in total. The summed E-state index contributed by atoms with van der Waals surface area (Å²) in [7, 11) is 0. The number of thioether (sulfide) groups is 1. The molecule has 0 aliphatic heterocycles. The van der Waals surface area contributed by atoms with Gasteiger partial charge in [0.25, 0.3) is 6.20 Å². The normalized spacial score (nSPS) is 10.8. The quantitative estimate of drug-likeness (QED) is 0.386. The van der Waals surface area contributed by atoms with E-state index in [0.717, 1.165) is 6.20 Å². The molecular formula is C6H10N2O2S. The second kappa shape index (κ2) is 5.79. The molecule has 0 bridgehead atoms. The summed E-state index contributed by atoms with van der Waals surface area (Å²) in [4.78, 5) is 9.50. The Morgan fingerprint density at radius 3 is 2.91 bits per heavy atom. The molecule has 0 radical (unpaired) electrons. The van der Waals surface area contributed by atoms with E-state index in [1.165, 1.54) is 11.8 Å². The van der Waals surface area contributed by atoms with Crippen molar-refractivity contribution in [3.8, 4) is 0 Å². The molecule has 0 aromatic heterocycles. The number of nitro groups is 1. The summed E-state index contributed by atoms with van der Waals surface area (Å²) in [6.45, 7) is 4.02. The van der Waals surface area contributed by atoms with Gasteiger partial charge in [-0.2, -0.15) is 0 Å². The van der Waals surface area contributed by atoms with Crippen LogP contribution in [0.2, 0.25) is 0 Å². The van der Waals surface area contributed by atoms with Crippen molar-refractivity contribution < 1.29 is 4.92 Å². The van der Waals surface area contributed by atoms with Gasteiger partial charge in [-0.25, -0.2) is 0 Å². The van der Waals surface area contributed by atoms with E-state index in [-0.39, 0.29) is 0 Å². The molecule has 0 atom stereocenters. The van der Waals surface area contributed by atoms with Crippen LogP contribution >= 0.6 is 11.8 Å². The van der Waals surface area contributed by atoms with Crippen LogP contribution in [-0.4, -0.2) is 17.7 Å². The van der Waals surface area contributed by atoms with Gasteiger partial charge in [-0.05, 0) is 6.26 Å². The van der Waals surface area contributed by atoms with Gasteiger partial charge in [-0.3, -0.25) is 10.1 Å². The molecule has 0 rings (SSSR count). The molecular weight excluding hydrogens is 164 g/mol. The summed E-state index contributed by atoms with van der Waals surface area (Å²) in [5, 5.41) is 13.3. The Bertz CT molecular complexity index is 179. The summed E-state index contributed by atoms with van der Waals surface area (Å²) >= 11 is 1.30. The molecule has 0 amide bonds. The van der Waals surface area contributed by atoms with Crippen LogP contribution in [0.4, 0.5) is 0 Å². The van der Waals surface area contributed by atoms with Crippen LogP contribution in [0.3, 0.4) is 0 Å². The van der Waals surface area contributed by atoms with E-state index >= 15 is 0 Å². The third kappa shape index (κ3) is 5.47. The molecule has 0 heterocycles. The second-order valence-corrected chi connectivity index (χ2v) is 2.50. The topological polar surface area (TPSA) is 55.2 Å². The molecule has 0 spiro atoms. The lowest BCUT2D eigenvalue weighted by Gasteiger charge is -2.00. The predicted octanol–water partition coefficient (Wildman–Crippen LogP) is 1.20. The maximum atomic E-state index is 9.98. The zero-order chi connectivity index (χ0) is 8.69. The number of nitrogens with one attached hydrogen (secondary N) is 1. The first-order chi connectivity index (χ1) is 5.20. The van der Waals surface area contributed by atoms with Crippen molar-refractivity contribution in [2.24, 2.45) is 0 Å². The fraction of sp³-hybridized carbons (Fsp3) is 0.333. The zero-order valence-corrected chi connectivity index (χ0v) is 7.06. The van der Waals surface area contributed by atoms with E-state index in [1.54, 1.807) is 12.3 Å². The van der Waals surface area contributed by atoms with Crippen LogP contribution in [0.5, 0.6) is 0 Å². The first-order valence-corrected chi connectivity index (χ1v) is 4.17. The van der Waals surface area contributed by atoms with Gasteiger partial charge in [0, 0.05) is 6.54 Å². The van der Waals surface area contributed by atoms with Gasteiger partial charge in [-0.1, -0.05) is 6.08 Å². The molecule has 11 heavy (non-hydrogen) atoms. The van der Waals surface area contributed by atoms with Crippen molar-refractivity contribution >= 4 is 11.8 Å². The molecule has 0 aliphatic rings. The van der Waals surface area contributed by atoms with E-state index < -0.39 is 4.92 Å². The van der Waals surface area contributed by atoms with E-state index in [2.05, 4.69) is 11.9 Å². The molecule has 0 aromatic carbocycles. The number of nitrogens with zero attached hydrogens (tertiary/aromatic N) is 1. The zero-order valence-electron chi connectivity index (χ0n) is 6.24. The minimum atomic E-state index is -0.484. The van der Waals surface area contributed by atoms with Crippen molar-refractivity contribution in [1.29, 1.82) is 0 Å². The fourth-order valence-electron chi connectivity index (χ4n) is 0.439. The Labute approximate surface area is 69.5 Å². The number of hydrogen-bond acceptors (Lipinski definition) is 4. The van der Waals surface area contributed by atoms with Crippen molar-refractivity contribution in [1.82, 2.24) is 5.32 Å². The summed E-state index contributed by atoms with van der Waals surface area (Å²) in [6.07, 6.45) is 4.35. The van der Waals surface area contributed by atoms with E-state index in [4.69, 9.17) is 0 Å². The molecule has 0 aliphatic carbocycles. The van der Waals surface area contributed by atoms with Crippen LogP contribution in [0, 0.1) is 10.1 Å². The highest BCUT2D eigenvalue weighted by Crippen LogP contribution is 2.05. The first-order valence-electron chi connectivity index (χ1n) is 2.94. The van der Waals surface area contributed by atoms with Crippen molar-refractivity contribution in [3.05, 3.63) is 34.0 Å². The van der Waals surface area contributed by atoms with Crippen LogP contribution < -0.4 is 5.32 Å². The molecule has 0 unspecified atom stereocenters. The highest BCUT2D eigenvalue weighted by Gasteiger charge is 1.97.